The van der Waals surface area contributed by atoms with Crippen LogP contribution in [-0.2, 0) is 0 Å². The summed E-state index contributed by atoms with van der Waals surface area (Å²) in [6.45, 7) is 0. The first-order valence-corrected chi connectivity index (χ1v) is 9.03. The van der Waals surface area contributed by atoms with Crippen molar-refractivity contribution in [3.05, 3.63) is 62.3 Å². The Morgan fingerprint density at radius 2 is 2.04 bits per heavy atom. The number of carbonyl (C=O) groups excluding carboxylic acids is 1. The van der Waals surface area contributed by atoms with Crippen LogP contribution in [0.25, 0.3) is 0 Å². The molecule has 1 aliphatic heterocycles. The summed E-state index contributed by atoms with van der Waals surface area (Å²) in [5.41, 5.74) is -4.02. The van der Waals surface area contributed by atoms with Gasteiger partial charge in [-0.15, -0.1) is 11.3 Å². The van der Waals surface area contributed by atoms with Crippen molar-refractivity contribution in [1.29, 1.82) is 0 Å². The van der Waals surface area contributed by atoms with Gasteiger partial charge in [0.25, 0.3) is 5.69 Å². The van der Waals surface area contributed by atoms with Crippen LogP contribution in [-0.4, -0.2) is 32.8 Å². The SMILES string of the molecule is O=C(c1cccs1)[C@@H]1[C@@H](c2cccc([N+](=O)[O-])c2)NC(=S)N[C@]1(O)C(F)(F)F. The van der Waals surface area contributed by atoms with Gasteiger partial charge in [0.1, 0.15) is 5.92 Å². The molecule has 3 rings (SSSR count). The molecule has 2 heterocycles. The Kier molecular flexibility index (Phi) is 5.12. The van der Waals surface area contributed by atoms with Crippen molar-refractivity contribution in [2.75, 3.05) is 0 Å². The molecule has 0 aliphatic carbocycles. The first kappa shape index (κ1) is 20.2. The molecule has 1 fully saturated rings. The number of halogens is 3. The minimum atomic E-state index is -5.25. The first-order chi connectivity index (χ1) is 13.0. The zero-order chi connectivity index (χ0) is 20.7. The number of nitrogens with one attached hydrogen (secondary N) is 2. The Labute approximate surface area is 165 Å². The third-order valence-electron chi connectivity index (χ3n) is 4.29. The van der Waals surface area contributed by atoms with Gasteiger partial charge in [-0.25, -0.2) is 0 Å². The molecule has 148 valence electrons. The third kappa shape index (κ3) is 3.45. The molecule has 1 aromatic carbocycles. The number of non-ortho nitro benzene ring substituents is 1. The minimum absolute atomic E-state index is 0.000441. The average Bonchev–Trinajstić information content (AvgIpc) is 3.14. The monoisotopic (exact) mass is 431 g/mol. The van der Waals surface area contributed by atoms with Crippen LogP contribution in [0.15, 0.2) is 41.8 Å². The maximum atomic E-state index is 13.8. The normalized spacial score (nSPS) is 24.9. The molecule has 2 aromatic rings. The van der Waals surface area contributed by atoms with Crippen molar-refractivity contribution in [3.8, 4) is 0 Å². The summed E-state index contributed by atoms with van der Waals surface area (Å²) >= 11 is 5.72. The summed E-state index contributed by atoms with van der Waals surface area (Å²) in [7, 11) is 0. The van der Waals surface area contributed by atoms with Gasteiger partial charge in [-0.2, -0.15) is 13.2 Å². The van der Waals surface area contributed by atoms with Crippen LogP contribution >= 0.6 is 23.6 Å². The third-order valence-corrected chi connectivity index (χ3v) is 5.40. The zero-order valence-corrected chi connectivity index (χ0v) is 15.4. The van der Waals surface area contributed by atoms with Gasteiger partial charge in [0, 0.05) is 12.1 Å². The van der Waals surface area contributed by atoms with Gasteiger partial charge in [-0.3, -0.25) is 14.9 Å². The standard InChI is InChI=1S/C16H12F3N3O4S2/c17-16(18,19)15(24)11(13(23)10-5-2-6-28-10)12(20-14(27)21-15)8-3-1-4-9(7-8)22(25)26/h1-7,11-12,24H,(H2,20,21,27)/t11-,12+,15+/m0/s1. The fourth-order valence-corrected chi connectivity index (χ4v) is 4.01. The second-order valence-electron chi connectivity index (χ2n) is 6.01. The Morgan fingerprint density at radius 3 is 2.61 bits per heavy atom. The van der Waals surface area contributed by atoms with Crippen molar-refractivity contribution >= 4 is 40.1 Å². The van der Waals surface area contributed by atoms with E-state index < -0.39 is 39.7 Å². The highest BCUT2D eigenvalue weighted by Gasteiger charge is 2.65. The quantitative estimate of drug-likeness (QED) is 0.296. The number of hydrogen-bond acceptors (Lipinski definition) is 6. The van der Waals surface area contributed by atoms with Crippen LogP contribution in [0.2, 0.25) is 0 Å². The second-order valence-corrected chi connectivity index (χ2v) is 7.37. The molecule has 1 aromatic heterocycles. The lowest BCUT2D eigenvalue weighted by Crippen LogP contribution is -2.72. The number of nitro groups is 1. The summed E-state index contributed by atoms with van der Waals surface area (Å²) in [6, 6.07) is 6.17. The highest BCUT2D eigenvalue weighted by atomic mass is 32.1. The molecule has 1 aliphatic rings. The average molecular weight is 431 g/mol. The summed E-state index contributed by atoms with van der Waals surface area (Å²) in [5.74, 6) is -3.06. The lowest BCUT2D eigenvalue weighted by atomic mass is 9.78. The van der Waals surface area contributed by atoms with Gasteiger partial charge >= 0.3 is 6.18 Å². The summed E-state index contributed by atoms with van der Waals surface area (Å²) in [4.78, 5) is 23.3. The number of nitro benzene ring substituents is 1. The van der Waals surface area contributed by atoms with E-state index in [2.05, 4.69) is 5.32 Å². The number of thiocarbonyl (C=S) groups is 1. The Morgan fingerprint density at radius 1 is 1.32 bits per heavy atom. The van der Waals surface area contributed by atoms with Crippen molar-refractivity contribution in [2.45, 2.75) is 17.9 Å². The molecule has 3 atom stereocenters. The van der Waals surface area contributed by atoms with Crippen LogP contribution in [0.3, 0.4) is 0 Å². The van der Waals surface area contributed by atoms with Crippen molar-refractivity contribution in [3.63, 3.8) is 0 Å². The van der Waals surface area contributed by atoms with Crippen molar-refractivity contribution < 1.29 is 28.0 Å². The number of hydrogen-bond donors (Lipinski definition) is 3. The highest BCUT2D eigenvalue weighted by Crippen LogP contribution is 2.44. The lowest BCUT2D eigenvalue weighted by molar-refractivity contribution is -0.385. The number of benzene rings is 1. The van der Waals surface area contributed by atoms with E-state index in [1.807, 2.05) is 0 Å². The van der Waals surface area contributed by atoms with E-state index >= 15 is 0 Å². The molecular weight excluding hydrogens is 419 g/mol. The highest BCUT2D eigenvalue weighted by molar-refractivity contribution is 7.80. The Balaban J connectivity index is 2.17. The zero-order valence-electron chi connectivity index (χ0n) is 13.8. The topological polar surface area (TPSA) is 104 Å². The molecule has 0 spiro atoms. The number of Topliss-reactive ketones (excluding diaryl/α,β-unsaturated/α-hetero) is 1. The van der Waals surface area contributed by atoms with E-state index in [9.17, 15) is 33.2 Å². The molecule has 28 heavy (non-hydrogen) atoms. The molecular formula is C16H12F3N3O4S2. The van der Waals surface area contributed by atoms with Crippen LogP contribution in [0, 0.1) is 16.0 Å². The smallest absolute Gasteiger partial charge is 0.363 e. The van der Waals surface area contributed by atoms with Gasteiger partial charge in [0.05, 0.1) is 15.8 Å². The molecule has 7 nitrogen and oxygen atoms in total. The maximum Gasteiger partial charge on any atom is 0.437 e. The van der Waals surface area contributed by atoms with Gasteiger partial charge < -0.3 is 15.7 Å². The van der Waals surface area contributed by atoms with Crippen molar-refractivity contribution in [1.82, 2.24) is 10.6 Å². The van der Waals surface area contributed by atoms with E-state index in [-0.39, 0.29) is 16.1 Å². The van der Waals surface area contributed by atoms with Gasteiger partial charge in [-0.05, 0) is 29.2 Å². The number of rotatable bonds is 4. The number of thiophene rings is 1. The Hall–Kier alpha value is -2.57. The molecule has 0 saturated carbocycles. The second kappa shape index (κ2) is 7.11. The number of ketones is 1. The predicted octanol–water partition coefficient (Wildman–Crippen LogP) is 2.93. The predicted molar refractivity (Wildman–Crippen MR) is 97.9 cm³/mol. The number of alkyl halides is 3. The molecule has 12 heteroatoms. The van der Waals surface area contributed by atoms with E-state index in [4.69, 9.17) is 12.2 Å². The van der Waals surface area contributed by atoms with Gasteiger partial charge in [-0.1, -0.05) is 18.2 Å². The van der Waals surface area contributed by atoms with E-state index in [0.29, 0.717) is 0 Å². The molecule has 1 saturated heterocycles. The lowest BCUT2D eigenvalue weighted by Gasteiger charge is -2.46. The van der Waals surface area contributed by atoms with E-state index in [0.717, 1.165) is 23.5 Å². The van der Waals surface area contributed by atoms with E-state index in [1.165, 1.54) is 29.6 Å². The van der Waals surface area contributed by atoms with Gasteiger partial charge in [0.2, 0.25) is 5.72 Å². The van der Waals surface area contributed by atoms with Crippen molar-refractivity contribution in [2.24, 2.45) is 5.92 Å². The fourth-order valence-electron chi connectivity index (χ4n) is 3.02. The van der Waals surface area contributed by atoms with Crippen LogP contribution in [0.4, 0.5) is 18.9 Å². The van der Waals surface area contributed by atoms with Crippen LogP contribution in [0.5, 0.6) is 0 Å². The number of aliphatic hydroxyl groups is 1. The van der Waals surface area contributed by atoms with E-state index in [1.54, 1.807) is 5.32 Å². The summed E-state index contributed by atoms with van der Waals surface area (Å²) < 4.78 is 41.4. The Bertz CT molecular complexity index is 935. The number of nitrogens with zero attached hydrogens (tertiary/aromatic N) is 1. The molecule has 3 N–H and O–H groups in total. The largest absolute Gasteiger partial charge is 0.437 e. The molecule has 0 radical (unpaired) electrons. The van der Waals surface area contributed by atoms with Crippen LogP contribution < -0.4 is 10.6 Å². The summed E-state index contributed by atoms with van der Waals surface area (Å²) in [6.07, 6.45) is -5.25. The first-order valence-electron chi connectivity index (χ1n) is 7.74. The minimum Gasteiger partial charge on any atom is -0.363 e. The number of carbonyl (C=O) groups is 1. The maximum absolute atomic E-state index is 13.8. The molecule has 0 bridgehead atoms. The molecule has 0 unspecified atom stereocenters. The molecule has 0 amide bonds. The van der Waals surface area contributed by atoms with Gasteiger partial charge in [0.15, 0.2) is 10.9 Å². The fraction of sp³-hybridized carbons (Fsp3) is 0.250. The van der Waals surface area contributed by atoms with Crippen LogP contribution in [0.1, 0.15) is 21.3 Å². The summed E-state index contributed by atoms with van der Waals surface area (Å²) in [5, 5.41) is 26.8.